The molecule has 0 bridgehead atoms. The van der Waals surface area contributed by atoms with Crippen molar-refractivity contribution in [3.05, 3.63) is 12.3 Å². The monoisotopic (exact) mass is 470 g/mol. The number of hydrogen-bond donors (Lipinski definition) is 1. The summed E-state index contributed by atoms with van der Waals surface area (Å²) in [6.45, 7) is 5.27. The number of amides is 1. The molecule has 2 aliphatic rings. The van der Waals surface area contributed by atoms with E-state index in [4.69, 9.17) is 9.47 Å². The van der Waals surface area contributed by atoms with Crippen LogP contribution < -0.4 is 9.46 Å². The summed E-state index contributed by atoms with van der Waals surface area (Å²) in [7, 11) is -1.63. The fourth-order valence-corrected chi connectivity index (χ4v) is 5.66. The van der Waals surface area contributed by atoms with Crippen molar-refractivity contribution < 1.29 is 22.7 Å². The van der Waals surface area contributed by atoms with E-state index >= 15 is 0 Å². The number of ether oxygens (including phenoxy) is 2. The maximum Gasteiger partial charge on any atom is 0.260 e. The molecular weight excluding hydrogens is 432 g/mol. The first-order chi connectivity index (χ1) is 15.1. The third-order valence-corrected chi connectivity index (χ3v) is 7.39. The number of carbonyl (C=O) groups excluding carboxylic acids is 1. The summed E-state index contributed by atoms with van der Waals surface area (Å²) in [4.78, 5) is 14.7. The third-order valence-electron chi connectivity index (χ3n) is 6.66. The highest BCUT2D eigenvalue weighted by Crippen LogP contribution is 2.32. The first kappa shape index (κ1) is 25.0. The summed E-state index contributed by atoms with van der Waals surface area (Å²) in [5.41, 5.74) is 0. The smallest absolute Gasteiger partial charge is 0.260 e. The molecule has 1 amide bonds. The first-order valence-corrected chi connectivity index (χ1v) is 13.5. The van der Waals surface area contributed by atoms with Crippen LogP contribution in [-0.4, -0.2) is 73.2 Å². The van der Waals surface area contributed by atoms with E-state index in [0.717, 1.165) is 44.3 Å². The summed E-state index contributed by atoms with van der Waals surface area (Å²) < 4.78 is 40.0. The van der Waals surface area contributed by atoms with Crippen LogP contribution in [0, 0.1) is 11.8 Å². The summed E-state index contributed by atoms with van der Waals surface area (Å²) in [6.07, 6.45) is 8.78. The quantitative estimate of drug-likeness (QED) is 0.592. The topological polar surface area (TPSA) is 103 Å². The SMILES string of the molecule is CC(C)[C@H]1CC[C@@H](OC[C@H]2[C@@H](NS(C)(=O)=O)CCCN2C(=O)COc2ccn(C)n2)CC1. The number of hydrogen-bond acceptors (Lipinski definition) is 6. The normalized spacial score (nSPS) is 27.0. The second-order valence-corrected chi connectivity index (χ2v) is 11.3. The predicted molar refractivity (Wildman–Crippen MR) is 122 cm³/mol. The molecule has 2 fully saturated rings. The van der Waals surface area contributed by atoms with Gasteiger partial charge in [0.1, 0.15) is 0 Å². The van der Waals surface area contributed by atoms with E-state index in [1.807, 2.05) is 0 Å². The lowest BCUT2D eigenvalue weighted by molar-refractivity contribution is -0.140. The highest BCUT2D eigenvalue weighted by molar-refractivity contribution is 7.88. The Bertz CT molecular complexity index is 848. The average molecular weight is 471 g/mol. The van der Waals surface area contributed by atoms with E-state index in [9.17, 15) is 13.2 Å². The van der Waals surface area contributed by atoms with E-state index in [1.54, 1.807) is 28.9 Å². The molecule has 0 unspecified atom stereocenters. The highest BCUT2D eigenvalue weighted by atomic mass is 32.2. The maximum atomic E-state index is 13.0. The van der Waals surface area contributed by atoms with Gasteiger partial charge in [0.05, 0.1) is 25.0 Å². The number of likely N-dealkylation sites (tertiary alicyclic amines) is 1. The van der Waals surface area contributed by atoms with Crippen LogP contribution in [0.25, 0.3) is 0 Å². The Morgan fingerprint density at radius 2 is 1.97 bits per heavy atom. The van der Waals surface area contributed by atoms with E-state index in [-0.39, 0.29) is 30.7 Å². The number of aryl methyl sites for hydroxylation is 1. The van der Waals surface area contributed by atoms with Gasteiger partial charge in [-0.2, -0.15) is 0 Å². The van der Waals surface area contributed by atoms with Crippen LogP contribution in [0.1, 0.15) is 52.4 Å². The van der Waals surface area contributed by atoms with Gasteiger partial charge in [-0.3, -0.25) is 9.48 Å². The maximum absolute atomic E-state index is 13.0. The minimum atomic E-state index is -3.41. The number of piperidine rings is 1. The van der Waals surface area contributed by atoms with E-state index in [0.29, 0.717) is 31.4 Å². The number of nitrogens with one attached hydrogen (secondary N) is 1. The molecule has 9 nitrogen and oxygen atoms in total. The van der Waals surface area contributed by atoms with E-state index in [1.165, 1.54) is 0 Å². The molecule has 2 atom stereocenters. The molecule has 0 aromatic carbocycles. The van der Waals surface area contributed by atoms with Gasteiger partial charge in [-0.05, 0) is 50.4 Å². The third kappa shape index (κ3) is 7.18. The zero-order valence-electron chi connectivity index (χ0n) is 19.7. The summed E-state index contributed by atoms with van der Waals surface area (Å²) >= 11 is 0. The Balaban J connectivity index is 1.63. The van der Waals surface area contributed by atoms with E-state index < -0.39 is 10.0 Å². The van der Waals surface area contributed by atoms with Crippen LogP contribution in [0.2, 0.25) is 0 Å². The van der Waals surface area contributed by atoms with Crippen molar-refractivity contribution in [1.29, 1.82) is 0 Å². The molecule has 10 heteroatoms. The van der Waals surface area contributed by atoms with Crippen molar-refractivity contribution in [3.63, 3.8) is 0 Å². The summed E-state index contributed by atoms with van der Waals surface area (Å²) in [5.74, 6) is 1.63. The molecule has 1 aliphatic carbocycles. The van der Waals surface area contributed by atoms with Gasteiger partial charge < -0.3 is 14.4 Å². The Hall–Kier alpha value is -1.65. The molecule has 32 heavy (non-hydrogen) atoms. The molecule has 2 heterocycles. The molecule has 182 valence electrons. The molecule has 1 aromatic heterocycles. The molecule has 1 N–H and O–H groups in total. The van der Waals surface area contributed by atoms with Gasteiger partial charge in [-0.1, -0.05) is 13.8 Å². The predicted octanol–water partition coefficient (Wildman–Crippen LogP) is 1.94. The van der Waals surface area contributed by atoms with E-state index in [2.05, 4.69) is 23.7 Å². The zero-order chi connectivity index (χ0) is 23.3. The molecule has 0 radical (unpaired) electrons. The fraction of sp³-hybridized carbons (Fsp3) is 0.818. The fourth-order valence-electron chi connectivity index (χ4n) is 4.83. The standard InChI is InChI=1S/C22H38N4O5S/c1-16(2)17-7-9-18(10-8-17)30-14-20-19(24-32(4,28)29)6-5-12-26(20)22(27)15-31-21-11-13-25(3)23-21/h11,13,16-20,24H,5-10,12,14-15H2,1-4H3/t17-,18+,19-,20-/m0/s1. The molecule has 3 rings (SSSR count). The van der Waals surface area contributed by atoms with Crippen molar-refractivity contribution >= 4 is 15.9 Å². The molecule has 1 aliphatic heterocycles. The Morgan fingerprint density at radius 1 is 1.25 bits per heavy atom. The van der Waals surface area contributed by atoms with Crippen LogP contribution in [0.15, 0.2) is 12.3 Å². The van der Waals surface area contributed by atoms with Crippen molar-refractivity contribution in [1.82, 2.24) is 19.4 Å². The largest absolute Gasteiger partial charge is 0.467 e. The molecular formula is C22H38N4O5S. The Morgan fingerprint density at radius 3 is 2.56 bits per heavy atom. The zero-order valence-corrected chi connectivity index (χ0v) is 20.5. The minimum Gasteiger partial charge on any atom is -0.467 e. The van der Waals surface area contributed by atoms with Gasteiger partial charge >= 0.3 is 0 Å². The first-order valence-electron chi connectivity index (χ1n) is 11.6. The van der Waals surface area contributed by atoms with Gasteiger partial charge in [-0.25, -0.2) is 13.1 Å². The number of rotatable bonds is 9. The van der Waals surface area contributed by atoms with Crippen LogP contribution in [0.4, 0.5) is 0 Å². The lowest BCUT2D eigenvalue weighted by atomic mass is 9.80. The average Bonchev–Trinajstić information content (AvgIpc) is 3.15. The summed E-state index contributed by atoms with van der Waals surface area (Å²) in [6, 6.07) is 0.969. The van der Waals surface area contributed by atoms with Crippen molar-refractivity contribution in [3.8, 4) is 5.88 Å². The van der Waals surface area contributed by atoms with Crippen molar-refractivity contribution in [2.75, 3.05) is 26.0 Å². The second-order valence-electron chi connectivity index (χ2n) is 9.52. The number of carbonyl (C=O) groups is 1. The lowest BCUT2D eigenvalue weighted by Gasteiger charge is -2.42. The number of aromatic nitrogens is 2. The van der Waals surface area contributed by atoms with Crippen LogP contribution in [-0.2, 0) is 26.6 Å². The van der Waals surface area contributed by atoms with Crippen molar-refractivity contribution in [2.24, 2.45) is 18.9 Å². The Kier molecular flexibility index (Phi) is 8.57. The number of nitrogens with zero attached hydrogens (tertiary/aromatic N) is 3. The molecule has 1 saturated carbocycles. The summed E-state index contributed by atoms with van der Waals surface area (Å²) in [5, 5.41) is 4.13. The van der Waals surface area contributed by atoms with Crippen molar-refractivity contribution in [2.45, 2.75) is 70.6 Å². The minimum absolute atomic E-state index is 0.140. The molecule has 1 aromatic rings. The van der Waals surface area contributed by atoms with Crippen LogP contribution in [0.3, 0.4) is 0 Å². The molecule has 1 saturated heterocycles. The lowest BCUT2D eigenvalue weighted by Crippen LogP contribution is -2.59. The van der Waals surface area contributed by atoms with Crippen LogP contribution in [0.5, 0.6) is 5.88 Å². The van der Waals surface area contributed by atoms with Crippen LogP contribution >= 0.6 is 0 Å². The second kappa shape index (κ2) is 11.0. The van der Waals surface area contributed by atoms with Gasteiger partial charge in [-0.15, -0.1) is 5.10 Å². The van der Waals surface area contributed by atoms with Gasteiger partial charge in [0.25, 0.3) is 5.91 Å². The highest BCUT2D eigenvalue weighted by Gasteiger charge is 2.37. The molecule has 0 spiro atoms. The van der Waals surface area contributed by atoms with Gasteiger partial charge in [0, 0.05) is 31.9 Å². The van der Waals surface area contributed by atoms with Gasteiger partial charge in [0.15, 0.2) is 6.61 Å². The number of sulfonamides is 1. The Labute approximate surface area is 191 Å². The van der Waals surface area contributed by atoms with Gasteiger partial charge in [0.2, 0.25) is 15.9 Å².